The molecule has 3 N–H and O–H groups in total. The second kappa shape index (κ2) is 12.3. The molecule has 0 bridgehead atoms. The van der Waals surface area contributed by atoms with Gasteiger partial charge in [-0.25, -0.2) is 18.0 Å². The largest absolute Gasteiger partial charge is 0.473 e. The van der Waals surface area contributed by atoms with E-state index in [4.69, 9.17) is 19.8 Å². The fourth-order valence-corrected chi connectivity index (χ4v) is 4.75. The first-order chi connectivity index (χ1) is 16.0. The molecule has 2 aromatic carbocycles. The van der Waals surface area contributed by atoms with E-state index >= 15 is 0 Å². The molecule has 10 nitrogen and oxygen atoms in total. The van der Waals surface area contributed by atoms with E-state index in [0.29, 0.717) is 31.9 Å². The van der Waals surface area contributed by atoms with Crippen molar-refractivity contribution in [3.63, 3.8) is 0 Å². The van der Waals surface area contributed by atoms with E-state index in [1.54, 1.807) is 24.3 Å². The summed E-state index contributed by atoms with van der Waals surface area (Å²) >= 11 is 0. The van der Waals surface area contributed by atoms with Crippen molar-refractivity contribution >= 4 is 33.6 Å². The molecule has 184 valence electrons. The minimum atomic E-state index is -3.52. The summed E-state index contributed by atoms with van der Waals surface area (Å²) in [6.07, 6.45) is 1.03. The van der Waals surface area contributed by atoms with Crippen molar-refractivity contribution in [2.24, 2.45) is 0 Å². The van der Waals surface area contributed by atoms with Gasteiger partial charge in [0, 0.05) is 45.3 Å². The summed E-state index contributed by atoms with van der Waals surface area (Å²) in [5.74, 6) is -3.83. The van der Waals surface area contributed by atoms with Crippen molar-refractivity contribution in [3.05, 3.63) is 59.7 Å². The summed E-state index contributed by atoms with van der Waals surface area (Å²) in [4.78, 5) is 31.8. The highest BCUT2D eigenvalue weighted by Crippen LogP contribution is 2.20. The second-order valence-electron chi connectivity index (χ2n) is 7.67. The average Bonchev–Trinajstić information content (AvgIpc) is 2.80. The number of benzene rings is 2. The third kappa shape index (κ3) is 7.94. The summed E-state index contributed by atoms with van der Waals surface area (Å²) in [5, 5.41) is 17.4. The number of piperazine rings is 1. The first-order valence-electron chi connectivity index (χ1n) is 10.7. The number of anilines is 1. The van der Waals surface area contributed by atoms with Crippen LogP contribution in [-0.2, 0) is 37.4 Å². The topological polar surface area (TPSA) is 144 Å². The fourth-order valence-electron chi connectivity index (χ4n) is 3.33. The number of nitrogens with one attached hydrogen (secondary N) is 1. The molecule has 1 saturated heterocycles. The molecule has 0 radical (unpaired) electrons. The number of nitrogens with zero attached hydrogens (tertiary/aromatic N) is 2. The first-order valence-corrected chi connectivity index (χ1v) is 12.1. The van der Waals surface area contributed by atoms with Gasteiger partial charge < -0.3 is 15.5 Å². The van der Waals surface area contributed by atoms with Gasteiger partial charge in [-0.05, 0) is 41.8 Å². The minimum Gasteiger partial charge on any atom is -0.473 e. The Balaban J connectivity index is 0.000000604. The van der Waals surface area contributed by atoms with Crippen molar-refractivity contribution in [2.45, 2.75) is 31.7 Å². The van der Waals surface area contributed by atoms with E-state index in [2.05, 4.69) is 41.4 Å². The SMILES string of the molecule is CCc1ccc(CN2CCN(S(=O)(=O)c3ccc(NC(C)=O)cc3)CC2)cc1.O=C(O)C(=O)O. The number of hydrogen-bond acceptors (Lipinski definition) is 6. The number of aliphatic carboxylic acids is 2. The zero-order valence-corrected chi connectivity index (χ0v) is 19.9. The third-order valence-corrected chi connectivity index (χ3v) is 7.08. The minimum absolute atomic E-state index is 0.184. The van der Waals surface area contributed by atoms with Gasteiger partial charge in [0.25, 0.3) is 0 Å². The van der Waals surface area contributed by atoms with Gasteiger partial charge in [-0.2, -0.15) is 4.31 Å². The molecule has 3 rings (SSSR count). The Kier molecular flexibility index (Phi) is 9.72. The summed E-state index contributed by atoms with van der Waals surface area (Å²) < 4.78 is 27.3. The zero-order valence-electron chi connectivity index (χ0n) is 19.1. The van der Waals surface area contributed by atoms with Crippen LogP contribution < -0.4 is 5.32 Å². The molecule has 0 atom stereocenters. The number of hydrogen-bond donors (Lipinski definition) is 3. The second-order valence-corrected chi connectivity index (χ2v) is 9.60. The molecule has 0 saturated carbocycles. The number of rotatable bonds is 6. The van der Waals surface area contributed by atoms with Gasteiger partial charge >= 0.3 is 11.9 Å². The molecule has 11 heteroatoms. The predicted octanol–water partition coefficient (Wildman–Crippen LogP) is 1.87. The monoisotopic (exact) mass is 491 g/mol. The molecule has 1 aliphatic heterocycles. The first kappa shape index (κ1) is 27.0. The molecule has 2 aromatic rings. The van der Waals surface area contributed by atoms with E-state index in [-0.39, 0.29) is 10.8 Å². The number of amides is 1. The van der Waals surface area contributed by atoms with Crippen LogP contribution in [0.15, 0.2) is 53.4 Å². The van der Waals surface area contributed by atoms with Crippen LogP contribution in [0.3, 0.4) is 0 Å². The highest BCUT2D eigenvalue weighted by atomic mass is 32.2. The molecular weight excluding hydrogens is 462 g/mol. The van der Waals surface area contributed by atoms with E-state index < -0.39 is 22.0 Å². The van der Waals surface area contributed by atoms with Crippen LogP contribution in [0.2, 0.25) is 0 Å². The van der Waals surface area contributed by atoms with Gasteiger partial charge in [0.1, 0.15) is 0 Å². The van der Waals surface area contributed by atoms with Gasteiger partial charge in [-0.3, -0.25) is 9.69 Å². The maximum Gasteiger partial charge on any atom is 0.414 e. The maximum absolute atomic E-state index is 12.9. The van der Waals surface area contributed by atoms with Crippen LogP contribution in [0.1, 0.15) is 25.0 Å². The molecule has 34 heavy (non-hydrogen) atoms. The molecule has 1 fully saturated rings. The van der Waals surface area contributed by atoms with Crippen LogP contribution in [-0.4, -0.2) is 71.9 Å². The van der Waals surface area contributed by atoms with Crippen molar-refractivity contribution in [1.29, 1.82) is 0 Å². The average molecular weight is 492 g/mol. The summed E-state index contributed by atoms with van der Waals surface area (Å²) in [7, 11) is -3.52. The van der Waals surface area contributed by atoms with Gasteiger partial charge in [0.15, 0.2) is 0 Å². The van der Waals surface area contributed by atoms with E-state index in [1.807, 2.05) is 0 Å². The Labute approximate surface area is 198 Å². The highest BCUT2D eigenvalue weighted by molar-refractivity contribution is 7.89. The number of carbonyl (C=O) groups excluding carboxylic acids is 1. The van der Waals surface area contributed by atoms with E-state index in [0.717, 1.165) is 13.0 Å². The number of carboxylic acids is 2. The lowest BCUT2D eigenvalue weighted by Gasteiger charge is -2.34. The van der Waals surface area contributed by atoms with E-state index in [1.165, 1.54) is 22.4 Å². The highest BCUT2D eigenvalue weighted by Gasteiger charge is 2.28. The summed E-state index contributed by atoms with van der Waals surface area (Å²) in [5.41, 5.74) is 3.16. The predicted molar refractivity (Wildman–Crippen MR) is 126 cm³/mol. The molecule has 0 unspecified atom stereocenters. The molecule has 1 aliphatic rings. The van der Waals surface area contributed by atoms with Crippen LogP contribution >= 0.6 is 0 Å². The lowest BCUT2D eigenvalue weighted by atomic mass is 10.1. The molecule has 0 spiro atoms. The Morgan fingerprint density at radius 3 is 1.79 bits per heavy atom. The molecule has 0 aromatic heterocycles. The standard InChI is InChI=1S/C21H27N3O3S.C2H2O4/c1-3-18-4-6-19(7-5-18)16-23-12-14-24(15-13-23)28(26,27)21-10-8-20(9-11-21)22-17(2)25;3-1(4)2(5)6/h4-11H,3,12-16H2,1-2H3,(H,22,25);(H,3,4)(H,5,6). The van der Waals surface area contributed by atoms with Gasteiger partial charge in [-0.15, -0.1) is 0 Å². The lowest BCUT2D eigenvalue weighted by Crippen LogP contribution is -2.48. The third-order valence-electron chi connectivity index (χ3n) is 5.16. The molecule has 1 amide bonds. The van der Waals surface area contributed by atoms with E-state index in [9.17, 15) is 13.2 Å². The van der Waals surface area contributed by atoms with Crippen LogP contribution in [0.25, 0.3) is 0 Å². The molecule has 0 aliphatic carbocycles. The quantitative estimate of drug-likeness (QED) is 0.520. The maximum atomic E-state index is 12.9. The number of sulfonamides is 1. The Morgan fingerprint density at radius 2 is 1.35 bits per heavy atom. The number of carbonyl (C=O) groups is 3. The summed E-state index contributed by atoms with van der Waals surface area (Å²) in [6, 6.07) is 14.9. The van der Waals surface area contributed by atoms with Crippen molar-refractivity contribution in [3.8, 4) is 0 Å². The van der Waals surface area contributed by atoms with Crippen molar-refractivity contribution in [2.75, 3.05) is 31.5 Å². The normalized spacial score (nSPS) is 14.5. The van der Waals surface area contributed by atoms with Crippen LogP contribution in [0.4, 0.5) is 5.69 Å². The molecule has 1 heterocycles. The Hall–Kier alpha value is -3.28. The number of carboxylic acid groups (broad SMARTS) is 2. The van der Waals surface area contributed by atoms with Gasteiger partial charge in [-0.1, -0.05) is 31.2 Å². The van der Waals surface area contributed by atoms with Crippen LogP contribution in [0.5, 0.6) is 0 Å². The van der Waals surface area contributed by atoms with Crippen LogP contribution in [0, 0.1) is 0 Å². The Morgan fingerprint density at radius 1 is 0.853 bits per heavy atom. The van der Waals surface area contributed by atoms with Gasteiger partial charge in [0.05, 0.1) is 4.90 Å². The van der Waals surface area contributed by atoms with Crippen molar-refractivity contribution < 1.29 is 33.0 Å². The Bertz CT molecular complexity index is 1080. The lowest BCUT2D eigenvalue weighted by molar-refractivity contribution is -0.159. The molecular formula is C23H29N3O7S. The number of aryl methyl sites for hydroxylation is 1. The summed E-state index contributed by atoms with van der Waals surface area (Å²) in [6.45, 7) is 6.76. The van der Waals surface area contributed by atoms with Crippen molar-refractivity contribution in [1.82, 2.24) is 9.21 Å². The zero-order chi connectivity index (χ0) is 25.3. The van der Waals surface area contributed by atoms with Gasteiger partial charge in [0.2, 0.25) is 15.9 Å². The smallest absolute Gasteiger partial charge is 0.414 e. The fraction of sp³-hybridized carbons (Fsp3) is 0.348.